The zero-order valence-corrected chi connectivity index (χ0v) is 15.2. The maximum atomic E-state index is 11.9. The molecule has 1 aromatic heterocycles. The molecule has 0 aliphatic rings. The molecule has 7 nitrogen and oxygen atoms in total. The van der Waals surface area contributed by atoms with Crippen LogP contribution in [-0.2, 0) is 16.6 Å². The van der Waals surface area contributed by atoms with Crippen molar-refractivity contribution < 1.29 is 14.1 Å². The molecular formula is C17H21ClN4O3. The first-order chi connectivity index (χ1) is 11.8. The fourth-order valence-electron chi connectivity index (χ4n) is 1.92. The Morgan fingerprint density at radius 3 is 2.44 bits per heavy atom. The molecule has 1 aromatic carbocycles. The minimum Gasteiger partial charge on any atom is -0.339 e. The summed E-state index contributed by atoms with van der Waals surface area (Å²) in [6.07, 6.45) is 1.27. The summed E-state index contributed by atoms with van der Waals surface area (Å²) in [5.41, 5.74) is 4.96. The number of carbonyl (C=O) groups is 2. The number of aryl methyl sites for hydroxylation is 1. The molecule has 1 heterocycles. The van der Waals surface area contributed by atoms with Crippen molar-refractivity contribution in [2.45, 2.75) is 45.4 Å². The number of nitrogens with one attached hydrogen (secondary N) is 2. The van der Waals surface area contributed by atoms with Gasteiger partial charge in [-0.2, -0.15) is 4.98 Å². The maximum absolute atomic E-state index is 11.9. The van der Waals surface area contributed by atoms with Gasteiger partial charge >= 0.3 is 0 Å². The molecule has 2 rings (SSSR count). The molecule has 8 heteroatoms. The van der Waals surface area contributed by atoms with E-state index >= 15 is 0 Å². The molecule has 0 aliphatic heterocycles. The summed E-state index contributed by atoms with van der Waals surface area (Å²) < 4.78 is 5.17. The first-order valence-electron chi connectivity index (χ1n) is 7.93. The number of carbonyl (C=O) groups excluding carboxylic acids is 2. The second-order valence-corrected chi connectivity index (χ2v) is 7.06. The van der Waals surface area contributed by atoms with Gasteiger partial charge in [-0.15, -0.1) is 0 Å². The third kappa shape index (κ3) is 5.86. The second-order valence-electron chi connectivity index (χ2n) is 6.62. The molecule has 0 saturated heterocycles. The van der Waals surface area contributed by atoms with Crippen molar-refractivity contribution in [3.05, 3.63) is 46.6 Å². The van der Waals surface area contributed by atoms with Gasteiger partial charge in [0, 0.05) is 28.8 Å². The van der Waals surface area contributed by atoms with Crippen molar-refractivity contribution in [1.29, 1.82) is 0 Å². The number of amides is 2. The zero-order chi connectivity index (χ0) is 18.4. The quantitative estimate of drug-likeness (QED) is 0.795. The topological polar surface area (TPSA) is 97.1 Å². The molecule has 0 unspecified atom stereocenters. The van der Waals surface area contributed by atoms with Crippen molar-refractivity contribution in [1.82, 2.24) is 21.0 Å². The lowest BCUT2D eigenvalue weighted by molar-refractivity contribution is -0.121. The summed E-state index contributed by atoms with van der Waals surface area (Å²) in [6, 6.07) is 6.36. The van der Waals surface area contributed by atoms with Crippen molar-refractivity contribution in [2.24, 2.45) is 0 Å². The predicted octanol–water partition coefficient (Wildman–Crippen LogP) is 2.80. The van der Waals surface area contributed by atoms with Crippen molar-refractivity contribution in [3.63, 3.8) is 0 Å². The van der Waals surface area contributed by atoms with E-state index in [1.165, 1.54) is 0 Å². The van der Waals surface area contributed by atoms with Gasteiger partial charge in [0.1, 0.15) is 0 Å². The fraction of sp³-hybridized carbons (Fsp3) is 0.412. The summed E-state index contributed by atoms with van der Waals surface area (Å²) in [7, 11) is 0. The molecule has 0 saturated carbocycles. The number of benzene rings is 1. The highest BCUT2D eigenvalue weighted by molar-refractivity contribution is 6.30. The Labute approximate surface area is 151 Å². The zero-order valence-electron chi connectivity index (χ0n) is 14.4. The molecule has 134 valence electrons. The van der Waals surface area contributed by atoms with E-state index in [2.05, 4.69) is 21.0 Å². The maximum Gasteiger partial charge on any atom is 0.269 e. The highest BCUT2D eigenvalue weighted by Gasteiger charge is 2.20. The summed E-state index contributed by atoms with van der Waals surface area (Å²) in [5, 5.41) is 4.47. The van der Waals surface area contributed by atoms with Gasteiger partial charge in [-0.05, 0) is 30.7 Å². The lowest BCUT2D eigenvalue weighted by Crippen LogP contribution is -2.41. The molecule has 0 atom stereocenters. The Kier molecular flexibility index (Phi) is 6.14. The Morgan fingerprint density at radius 2 is 1.84 bits per heavy atom. The second kappa shape index (κ2) is 8.11. The average Bonchev–Trinajstić information content (AvgIpc) is 3.02. The third-order valence-electron chi connectivity index (χ3n) is 3.36. The smallest absolute Gasteiger partial charge is 0.269 e. The molecule has 25 heavy (non-hydrogen) atoms. The molecule has 0 fully saturated rings. The first-order valence-corrected chi connectivity index (χ1v) is 8.31. The van der Waals surface area contributed by atoms with E-state index in [1.54, 1.807) is 24.3 Å². The lowest BCUT2D eigenvalue weighted by Gasteiger charge is -2.10. The molecule has 2 amide bonds. The van der Waals surface area contributed by atoms with E-state index in [9.17, 15) is 9.59 Å². The number of halogens is 1. The normalized spacial score (nSPS) is 11.2. The van der Waals surface area contributed by atoms with Crippen LogP contribution >= 0.6 is 11.6 Å². The van der Waals surface area contributed by atoms with E-state index < -0.39 is 5.91 Å². The SMILES string of the molecule is CC(C)(C)c1noc(CCCC(=O)NNC(=O)c2ccc(Cl)cc2)n1. The monoisotopic (exact) mass is 364 g/mol. The Bertz CT molecular complexity index is 735. The fourth-order valence-corrected chi connectivity index (χ4v) is 2.05. The Balaban J connectivity index is 1.71. The van der Waals surface area contributed by atoms with Gasteiger partial charge in [0.15, 0.2) is 5.82 Å². The number of rotatable bonds is 5. The minimum atomic E-state index is -0.406. The highest BCUT2D eigenvalue weighted by Crippen LogP contribution is 2.18. The largest absolute Gasteiger partial charge is 0.339 e. The van der Waals surface area contributed by atoms with Crippen LogP contribution < -0.4 is 10.9 Å². The number of nitrogens with zero attached hydrogens (tertiary/aromatic N) is 2. The van der Waals surface area contributed by atoms with E-state index in [0.717, 1.165) is 0 Å². The third-order valence-corrected chi connectivity index (χ3v) is 3.61. The van der Waals surface area contributed by atoms with Crippen molar-refractivity contribution in [3.8, 4) is 0 Å². The standard InChI is InChI=1S/C17H21ClN4O3/c1-17(2,3)16-19-14(25-22-16)6-4-5-13(23)20-21-15(24)11-7-9-12(18)10-8-11/h7-10H,4-6H2,1-3H3,(H,20,23)(H,21,24). The van der Waals surface area contributed by atoms with Crippen LogP contribution in [0.2, 0.25) is 5.02 Å². The van der Waals surface area contributed by atoms with Gasteiger partial charge in [0.25, 0.3) is 5.91 Å². The van der Waals surface area contributed by atoms with Gasteiger partial charge in [-0.25, -0.2) is 0 Å². The predicted molar refractivity (Wildman–Crippen MR) is 93.0 cm³/mol. The molecule has 0 bridgehead atoms. The summed E-state index contributed by atoms with van der Waals surface area (Å²) in [5.74, 6) is 0.444. The van der Waals surface area contributed by atoms with Crippen molar-refractivity contribution >= 4 is 23.4 Å². The Morgan fingerprint density at radius 1 is 1.16 bits per heavy atom. The Hall–Kier alpha value is -2.41. The number of hydrogen-bond donors (Lipinski definition) is 2. The number of hydrazine groups is 1. The van der Waals surface area contributed by atoms with Crippen LogP contribution in [0.25, 0.3) is 0 Å². The van der Waals surface area contributed by atoms with E-state index in [-0.39, 0.29) is 17.7 Å². The lowest BCUT2D eigenvalue weighted by atomic mass is 9.96. The highest BCUT2D eigenvalue weighted by atomic mass is 35.5. The molecule has 0 spiro atoms. The van der Waals surface area contributed by atoms with Crippen LogP contribution in [0.3, 0.4) is 0 Å². The summed E-state index contributed by atoms with van der Waals surface area (Å²) in [4.78, 5) is 27.9. The number of aromatic nitrogens is 2. The van der Waals surface area contributed by atoms with Crippen LogP contribution in [0.1, 0.15) is 55.7 Å². The summed E-state index contributed by atoms with van der Waals surface area (Å²) in [6.45, 7) is 6.00. The van der Waals surface area contributed by atoms with Crippen LogP contribution in [0.4, 0.5) is 0 Å². The number of hydrogen-bond acceptors (Lipinski definition) is 5. The van der Waals surface area contributed by atoms with Crippen LogP contribution in [0, 0.1) is 0 Å². The first kappa shape index (κ1) is 18.9. The van der Waals surface area contributed by atoms with Gasteiger partial charge in [0.2, 0.25) is 11.8 Å². The van der Waals surface area contributed by atoms with E-state index in [0.29, 0.717) is 35.1 Å². The average molecular weight is 365 g/mol. The molecule has 2 N–H and O–H groups in total. The van der Waals surface area contributed by atoms with Gasteiger partial charge in [-0.3, -0.25) is 20.4 Å². The molecular weight excluding hydrogens is 344 g/mol. The minimum absolute atomic E-state index is 0.176. The van der Waals surface area contributed by atoms with Gasteiger partial charge < -0.3 is 4.52 Å². The van der Waals surface area contributed by atoms with Gasteiger partial charge in [-0.1, -0.05) is 37.5 Å². The van der Waals surface area contributed by atoms with Crippen LogP contribution in [0.15, 0.2) is 28.8 Å². The van der Waals surface area contributed by atoms with Gasteiger partial charge in [0.05, 0.1) is 0 Å². The molecule has 2 aromatic rings. The molecule has 0 radical (unpaired) electrons. The summed E-state index contributed by atoms with van der Waals surface area (Å²) >= 11 is 5.76. The molecule has 0 aliphatic carbocycles. The van der Waals surface area contributed by atoms with Crippen LogP contribution in [0.5, 0.6) is 0 Å². The van der Waals surface area contributed by atoms with E-state index in [1.807, 2.05) is 20.8 Å². The van der Waals surface area contributed by atoms with Crippen molar-refractivity contribution in [2.75, 3.05) is 0 Å². The van der Waals surface area contributed by atoms with Crippen LogP contribution in [-0.4, -0.2) is 22.0 Å². The van der Waals surface area contributed by atoms with E-state index in [4.69, 9.17) is 16.1 Å².